The molecule has 1 unspecified atom stereocenters. The number of carbonyl (C=O) groups excluding carboxylic acids is 1. The Morgan fingerprint density at radius 1 is 1.58 bits per heavy atom. The zero-order chi connectivity index (χ0) is 13.8. The van der Waals surface area contributed by atoms with Crippen LogP contribution in [0.1, 0.15) is 43.1 Å². The molecule has 1 atom stereocenters. The Bertz CT molecular complexity index is 469. The van der Waals surface area contributed by atoms with E-state index >= 15 is 0 Å². The van der Waals surface area contributed by atoms with E-state index in [2.05, 4.69) is 16.8 Å². The average Bonchev–Trinajstić information content (AvgIpc) is 2.89. The van der Waals surface area contributed by atoms with Crippen molar-refractivity contribution >= 4 is 11.5 Å². The smallest absolute Gasteiger partial charge is 0.287 e. The number of rotatable bonds is 5. The minimum absolute atomic E-state index is 0.0611. The highest BCUT2D eigenvalue weighted by atomic mass is 16.6. The number of piperidine rings is 1. The second-order valence-electron chi connectivity index (χ2n) is 4.98. The predicted molar refractivity (Wildman–Crippen MR) is 71.3 cm³/mol. The summed E-state index contributed by atoms with van der Waals surface area (Å²) in [6.45, 7) is 3.41. The van der Waals surface area contributed by atoms with Crippen LogP contribution in [0, 0.1) is 10.1 Å². The molecule has 6 nitrogen and oxygen atoms in total. The lowest BCUT2D eigenvalue weighted by atomic mass is 9.99. The Kier molecular flexibility index (Phi) is 4.31. The Labute approximate surface area is 111 Å². The Morgan fingerprint density at radius 3 is 3.00 bits per heavy atom. The summed E-state index contributed by atoms with van der Waals surface area (Å²) in [5.41, 5.74) is 0.265. The van der Waals surface area contributed by atoms with Gasteiger partial charge in [0.1, 0.15) is 0 Å². The first-order chi connectivity index (χ1) is 9.11. The van der Waals surface area contributed by atoms with Crippen LogP contribution in [0.3, 0.4) is 0 Å². The van der Waals surface area contributed by atoms with Crippen molar-refractivity contribution in [3.05, 3.63) is 28.1 Å². The molecule has 0 bridgehead atoms. The van der Waals surface area contributed by atoms with Crippen LogP contribution in [-0.2, 0) is 0 Å². The molecule has 1 N–H and O–H groups in total. The van der Waals surface area contributed by atoms with Gasteiger partial charge in [-0.15, -0.1) is 0 Å². The molecule has 0 saturated carbocycles. The minimum atomic E-state index is -0.497. The third-order valence-corrected chi connectivity index (χ3v) is 3.75. The first-order valence-electron chi connectivity index (χ1n) is 6.72. The molecule has 0 aliphatic carbocycles. The van der Waals surface area contributed by atoms with E-state index in [1.807, 2.05) is 0 Å². The highest BCUT2D eigenvalue weighted by Crippen LogP contribution is 2.20. The number of nitro groups is 1. The molecule has 1 aliphatic heterocycles. The summed E-state index contributed by atoms with van der Waals surface area (Å²) in [5.74, 6) is -0.0755. The van der Waals surface area contributed by atoms with Crippen molar-refractivity contribution in [2.45, 2.75) is 38.6 Å². The van der Waals surface area contributed by atoms with E-state index in [0.29, 0.717) is 18.3 Å². The van der Waals surface area contributed by atoms with E-state index in [-0.39, 0.29) is 11.5 Å². The predicted octanol–water partition coefficient (Wildman–Crippen LogP) is 2.37. The Morgan fingerprint density at radius 2 is 2.37 bits per heavy atom. The van der Waals surface area contributed by atoms with E-state index < -0.39 is 4.92 Å². The van der Waals surface area contributed by atoms with Gasteiger partial charge in [0.25, 0.3) is 5.69 Å². The summed E-state index contributed by atoms with van der Waals surface area (Å²) < 4.78 is 0. The van der Waals surface area contributed by atoms with Crippen LogP contribution in [0.15, 0.2) is 12.3 Å². The van der Waals surface area contributed by atoms with E-state index in [9.17, 15) is 14.9 Å². The molecular formula is C13H19N3O3. The van der Waals surface area contributed by atoms with E-state index in [1.165, 1.54) is 18.7 Å². The second kappa shape index (κ2) is 5.97. The largest absolute Gasteiger partial charge is 0.353 e. The van der Waals surface area contributed by atoms with Gasteiger partial charge in [0.15, 0.2) is 5.78 Å². The SMILES string of the molecule is CCC1CCCCN1CC(=O)c1cc([N+](=O)[O-])c[nH]1. The number of H-pyrrole nitrogens is 1. The first-order valence-corrected chi connectivity index (χ1v) is 6.72. The van der Waals surface area contributed by atoms with Gasteiger partial charge < -0.3 is 4.98 Å². The molecule has 104 valence electrons. The van der Waals surface area contributed by atoms with Gasteiger partial charge in [0.05, 0.1) is 23.4 Å². The lowest BCUT2D eigenvalue weighted by Crippen LogP contribution is -2.42. The van der Waals surface area contributed by atoms with E-state index in [1.54, 1.807) is 0 Å². The van der Waals surface area contributed by atoms with Crippen LogP contribution >= 0.6 is 0 Å². The van der Waals surface area contributed by atoms with Gasteiger partial charge in [0.2, 0.25) is 0 Å². The molecule has 2 heterocycles. The molecule has 0 aromatic carbocycles. The molecule has 2 rings (SSSR count). The fourth-order valence-electron chi connectivity index (χ4n) is 2.65. The van der Waals surface area contributed by atoms with Crippen molar-refractivity contribution in [3.8, 4) is 0 Å². The molecule has 0 radical (unpaired) electrons. The molecule has 1 aromatic heterocycles. The van der Waals surface area contributed by atoms with E-state index in [4.69, 9.17) is 0 Å². The lowest BCUT2D eigenvalue weighted by Gasteiger charge is -2.34. The van der Waals surface area contributed by atoms with Gasteiger partial charge in [-0.3, -0.25) is 19.8 Å². The van der Waals surface area contributed by atoms with Crippen molar-refractivity contribution in [3.63, 3.8) is 0 Å². The highest BCUT2D eigenvalue weighted by molar-refractivity contribution is 5.96. The van der Waals surface area contributed by atoms with Crippen LogP contribution in [0.4, 0.5) is 5.69 Å². The molecular weight excluding hydrogens is 246 g/mol. The van der Waals surface area contributed by atoms with Gasteiger partial charge in [-0.2, -0.15) is 0 Å². The Balaban J connectivity index is 2.01. The fourth-order valence-corrected chi connectivity index (χ4v) is 2.65. The van der Waals surface area contributed by atoms with Gasteiger partial charge in [0, 0.05) is 12.1 Å². The number of Topliss-reactive ketones (excluding diaryl/α,β-unsaturated/α-hetero) is 1. The van der Waals surface area contributed by atoms with Crippen molar-refractivity contribution in [2.24, 2.45) is 0 Å². The van der Waals surface area contributed by atoms with Crippen molar-refractivity contribution in [1.82, 2.24) is 9.88 Å². The number of nitrogens with one attached hydrogen (secondary N) is 1. The normalized spacial score (nSPS) is 20.4. The maximum atomic E-state index is 12.1. The molecule has 1 aliphatic rings. The van der Waals surface area contributed by atoms with E-state index in [0.717, 1.165) is 25.8 Å². The molecule has 1 saturated heterocycles. The van der Waals surface area contributed by atoms with Crippen molar-refractivity contribution in [1.29, 1.82) is 0 Å². The molecule has 0 amide bonds. The van der Waals surface area contributed by atoms with Crippen LogP contribution in [-0.4, -0.2) is 39.7 Å². The summed E-state index contributed by atoms with van der Waals surface area (Å²) in [6, 6.07) is 1.77. The lowest BCUT2D eigenvalue weighted by molar-refractivity contribution is -0.384. The summed E-state index contributed by atoms with van der Waals surface area (Å²) >= 11 is 0. The third kappa shape index (κ3) is 3.20. The quantitative estimate of drug-likeness (QED) is 0.503. The maximum Gasteiger partial charge on any atom is 0.287 e. The maximum absolute atomic E-state index is 12.1. The second-order valence-corrected chi connectivity index (χ2v) is 4.98. The average molecular weight is 265 g/mol. The zero-order valence-corrected chi connectivity index (χ0v) is 11.1. The van der Waals surface area contributed by atoms with Crippen molar-refractivity contribution < 1.29 is 9.72 Å². The molecule has 0 spiro atoms. The highest BCUT2D eigenvalue weighted by Gasteiger charge is 2.24. The Hall–Kier alpha value is -1.69. The van der Waals surface area contributed by atoms with Crippen LogP contribution in [0.5, 0.6) is 0 Å². The topological polar surface area (TPSA) is 79.2 Å². The fraction of sp³-hybridized carbons (Fsp3) is 0.615. The number of hydrogen-bond acceptors (Lipinski definition) is 4. The summed E-state index contributed by atoms with van der Waals surface area (Å²) in [4.78, 5) is 27.1. The number of likely N-dealkylation sites (tertiary alicyclic amines) is 1. The van der Waals surface area contributed by atoms with Gasteiger partial charge >= 0.3 is 0 Å². The zero-order valence-electron chi connectivity index (χ0n) is 11.1. The number of aromatic amines is 1. The minimum Gasteiger partial charge on any atom is -0.353 e. The number of ketones is 1. The van der Waals surface area contributed by atoms with Gasteiger partial charge in [-0.05, 0) is 25.8 Å². The number of aromatic nitrogens is 1. The van der Waals surface area contributed by atoms with Crippen molar-refractivity contribution in [2.75, 3.05) is 13.1 Å². The summed E-state index contributed by atoms with van der Waals surface area (Å²) in [7, 11) is 0. The number of carbonyl (C=O) groups is 1. The molecule has 6 heteroatoms. The molecule has 19 heavy (non-hydrogen) atoms. The van der Waals surface area contributed by atoms with Crippen LogP contribution in [0.25, 0.3) is 0 Å². The van der Waals surface area contributed by atoms with Gasteiger partial charge in [-0.25, -0.2) is 0 Å². The first kappa shape index (κ1) is 13.7. The van der Waals surface area contributed by atoms with Crippen LogP contribution < -0.4 is 0 Å². The van der Waals surface area contributed by atoms with Gasteiger partial charge in [-0.1, -0.05) is 13.3 Å². The monoisotopic (exact) mass is 265 g/mol. The number of nitrogens with zero attached hydrogens (tertiary/aromatic N) is 2. The summed E-state index contributed by atoms with van der Waals surface area (Å²) in [6.07, 6.45) is 5.78. The number of hydrogen-bond donors (Lipinski definition) is 1. The van der Waals surface area contributed by atoms with Crippen LogP contribution in [0.2, 0.25) is 0 Å². The third-order valence-electron chi connectivity index (χ3n) is 3.75. The summed E-state index contributed by atoms with van der Waals surface area (Å²) in [5, 5.41) is 10.6. The molecule has 1 fully saturated rings. The standard InChI is InChI=1S/C13H19N3O3/c1-2-10-5-3-4-6-15(10)9-13(17)12-7-11(8-14-12)16(18)19/h7-8,10,14H,2-6,9H2,1H3. The molecule has 1 aromatic rings.